The van der Waals surface area contributed by atoms with Crippen LogP contribution in [0.5, 0.6) is 0 Å². The number of aryl methyl sites for hydroxylation is 1. The van der Waals surface area contributed by atoms with E-state index in [2.05, 4.69) is 15.3 Å². The summed E-state index contributed by atoms with van der Waals surface area (Å²) in [5.41, 5.74) is 3.23. The van der Waals surface area contributed by atoms with Gasteiger partial charge in [-0.25, -0.2) is 9.97 Å². The molecule has 0 radical (unpaired) electrons. The van der Waals surface area contributed by atoms with Crippen molar-refractivity contribution >= 4 is 17.5 Å². The molecule has 1 aliphatic carbocycles. The van der Waals surface area contributed by atoms with Crippen molar-refractivity contribution in [2.45, 2.75) is 51.6 Å². The van der Waals surface area contributed by atoms with Crippen LogP contribution in [-0.2, 0) is 9.53 Å². The summed E-state index contributed by atoms with van der Waals surface area (Å²) >= 11 is 0. The molecular weight excluding hydrogens is 380 g/mol. The van der Waals surface area contributed by atoms with Gasteiger partial charge >= 0.3 is 0 Å². The molecule has 2 amide bonds. The minimum atomic E-state index is -0.258. The van der Waals surface area contributed by atoms with Gasteiger partial charge in [0.1, 0.15) is 18.1 Å². The van der Waals surface area contributed by atoms with Gasteiger partial charge in [0.05, 0.1) is 6.10 Å². The lowest BCUT2D eigenvalue weighted by Crippen LogP contribution is -2.42. The molecule has 158 valence electrons. The van der Waals surface area contributed by atoms with Crippen molar-refractivity contribution in [3.05, 3.63) is 53.1 Å². The second-order valence-electron chi connectivity index (χ2n) is 8.19. The zero-order chi connectivity index (χ0) is 21.1. The van der Waals surface area contributed by atoms with Crippen LogP contribution in [0.4, 0.5) is 5.69 Å². The Morgan fingerprint density at radius 3 is 2.77 bits per heavy atom. The maximum atomic E-state index is 13.2. The fraction of sp³-hybridized carbons (Fsp3) is 0.478. The van der Waals surface area contributed by atoms with Crippen LogP contribution in [0.3, 0.4) is 0 Å². The van der Waals surface area contributed by atoms with Gasteiger partial charge in [-0.15, -0.1) is 0 Å². The number of amides is 2. The molecule has 2 heterocycles. The van der Waals surface area contributed by atoms with Crippen LogP contribution in [-0.4, -0.2) is 52.5 Å². The molecular formula is C23H28N4O3. The SMILES string of the molecule is Cc1cccc(NC(=O)CN(CC2CCCO2)C(=O)c2ccnc(C3CC3)n2)c1C. The molecule has 1 unspecified atom stereocenters. The highest BCUT2D eigenvalue weighted by molar-refractivity contribution is 5.98. The fourth-order valence-corrected chi connectivity index (χ4v) is 3.70. The van der Waals surface area contributed by atoms with E-state index < -0.39 is 0 Å². The number of rotatable bonds is 7. The molecule has 1 aromatic carbocycles. The van der Waals surface area contributed by atoms with Gasteiger partial charge in [0.25, 0.3) is 5.91 Å². The van der Waals surface area contributed by atoms with Gasteiger partial charge in [-0.2, -0.15) is 0 Å². The molecule has 2 aromatic rings. The highest BCUT2D eigenvalue weighted by atomic mass is 16.5. The molecule has 1 saturated carbocycles. The van der Waals surface area contributed by atoms with E-state index in [9.17, 15) is 9.59 Å². The highest BCUT2D eigenvalue weighted by Gasteiger charge is 2.29. The molecule has 1 aromatic heterocycles. The molecule has 1 N–H and O–H groups in total. The first-order valence-corrected chi connectivity index (χ1v) is 10.6. The minimum Gasteiger partial charge on any atom is -0.376 e. The second-order valence-corrected chi connectivity index (χ2v) is 8.19. The van der Waals surface area contributed by atoms with Crippen molar-refractivity contribution < 1.29 is 14.3 Å². The molecule has 7 heteroatoms. The van der Waals surface area contributed by atoms with E-state index in [1.54, 1.807) is 17.2 Å². The Labute approximate surface area is 176 Å². The van der Waals surface area contributed by atoms with Crippen LogP contribution < -0.4 is 5.32 Å². The van der Waals surface area contributed by atoms with Crippen molar-refractivity contribution in [2.75, 3.05) is 25.0 Å². The van der Waals surface area contributed by atoms with Gasteiger partial charge in [0.2, 0.25) is 5.91 Å². The van der Waals surface area contributed by atoms with E-state index in [-0.39, 0.29) is 24.5 Å². The van der Waals surface area contributed by atoms with E-state index in [0.29, 0.717) is 24.8 Å². The number of benzene rings is 1. The third-order valence-corrected chi connectivity index (χ3v) is 5.78. The number of aromatic nitrogens is 2. The summed E-state index contributed by atoms with van der Waals surface area (Å²) in [5, 5.41) is 2.95. The number of carbonyl (C=O) groups excluding carboxylic acids is 2. The van der Waals surface area contributed by atoms with Crippen LogP contribution in [0.2, 0.25) is 0 Å². The smallest absolute Gasteiger partial charge is 0.273 e. The van der Waals surface area contributed by atoms with Crippen molar-refractivity contribution in [2.24, 2.45) is 0 Å². The van der Waals surface area contributed by atoms with Crippen LogP contribution >= 0.6 is 0 Å². The lowest BCUT2D eigenvalue weighted by Gasteiger charge is -2.25. The number of ether oxygens (including phenoxy) is 1. The summed E-state index contributed by atoms with van der Waals surface area (Å²) in [7, 11) is 0. The first-order chi connectivity index (χ1) is 14.5. The molecule has 1 atom stereocenters. The summed E-state index contributed by atoms with van der Waals surface area (Å²) < 4.78 is 5.72. The Morgan fingerprint density at radius 2 is 2.03 bits per heavy atom. The van der Waals surface area contributed by atoms with E-state index in [0.717, 1.165) is 48.3 Å². The lowest BCUT2D eigenvalue weighted by molar-refractivity contribution is -0.117. The molecule has 7 nitrogen and oxygen atoms in total. The number of hydrogen-bond donors (Lipinski definition) is 1. The summed E-state index contributed by atoms with van der Waals surface area (Å²) in [6, 6.07) is 7.41. The first kappa shape index (κ1) is 20.5. The Morgan fingerprint density at radius 1 is 1.20 bits per heavy atom. The van der Waals surface area contributed by atoms with Crippen LogP contribution in [0.25, 0.3) is 0 Å². The number of anilines is 1. The fourth-order valence-electron chi connectivity index (χ4n) is 3.70. The maximum Gasteiger partial charge on any atom is 0.273 e. The van der Waals surface area contributed by atoms with Crippen LogP contribution in [0, 0.1) is 13.8 Å². The Kier molecular flexibility index (Phi) is 6.08. The third-order valence-electron chi connectivity index (χ3n) is 5.78. The Balaban J connectivity index is 1.50. The van der Waals surface area contributed by atoms with E-state index in [1.807, 2.05) is 32.0 Å². The van der Waals surface area contributed by atoms with Crippen molar-refractivity contribution in [3.63, 3.8) is 0 Å². The van der Waals surface area contributed by atoms with Gasteiger partial charge in [0.15, 0.2) is 0 Å². The van der Waals surface area contributed by atoms with Crippen molar-refractivity contribution in [1.82, 2.24) is 14.9 Å². The quantitative estimate of drug-likeness (QED) is 0.760. The Bertz CT molecular complexity index is 936. The molecule has 0 bridgehead atoms. The van der Waals surface area contributed by atoms with Gasteiger partial charge in [0, 0.05) is 31.0 Å². The van der Waals surface area contributed by atoms with Crippen molar-refractivity contribution in [3.8, 4) is 0 Å². The first-order valence-electron chi connectivity index (χ1n) is 10.6. The van der Waals surface area contributed by atoms with Gasteiger partial charge in [-0.3, -0.25) is 9.59 Å². The second kappa shape index (κ2) is 8.92. The minimum absolute atomic E-state index is 0.0468. The average Bonchev–Trinajstić information content (AvgIpc) is 3.47. The Hall–Kier alpha value is -2.80. The molecule has 4 rings (SSSR count). The van der Waals surface area contributed by atoms with Gasteiger partial charge in [-0.05, 0) is 62.8 Å². The van der Waals surface area contributed by atoms with E-state index in [1.165, 1.54) is 0 Å². The van der Waals surface area contributed by atoms with Crippen LogP contribution in [0.15, 0.2) is 30.5 Å². The molecule has 2 aliphatic rings. The highest BCUT2D eigenvalue weighted by Crippen LogP contribution is 2.37. The van der Waals surface area contributed by atoms with Gasteiger partial charge in [-0.1, -0.05) is 12.1 Å². The molecule has 0 spiro atoms. The van der Waals surface area contributed by atoms with E-state index in [4.69, 9.17) is 4.74 Å². The molecule has 1 saturated heterocycles. The average molecular weight is 409 g/mol. The zero-order valence-electron chi connectivity index (χ0n) is 17.6. The van der Waals surface area contributed by atoms with Gasteiger partial charge < -0.3 is 15.0 Å². The number of nitrogens with one attached hydrogen (secondary N) is 1. The van der Waals surface area contributed by atoms with Crippen molar-refractivity contribution in [1.29, 1.82) is 0 Å². The van der Waals surface area contributed by atoms with E-state index >= 15 is 0 Å². The molecule has 30 heavy (non-hydrogen) atoms. The number of carbonyl (C=O) groups is 2. The summed E-state index contributed by atoms with van der Waals surface area (Å²) in [6.45, 7) is 5.00. The lowest BCUT2D eigenvalue weighted by atomic mass is 10.1. The molecule has 1 aliphatic heterocycles. The predicted octanol–water partition coefficient (Wildman–Crippen LogP) is 3.23. The maximum absolute atomic E-state index is 13.2. The topological polar surface area (TPSA) is 84.4 Å². The number of hydrogen-bond acceptors (Lipinski definition) is 5. The summed E-state index contributed by atoms with van der Waals surface area (Å²) in [6.07, 6.45) is 5.58. The van der Waals surface area contributed by atoms with Crippen LogP contribution in [0.1, 0.15) is 59.0 Å². The monoisotopic (exact) mass is 408 g/mol. The zero-order valence-corrected chi connectivity index (χ0v) is 17.6. The molecule has 2 fully saturated rings. The number of nitrogens with zero attached hydrogens (tertiary/aromatic N) is 3. The summed E-state index contributed by atoms with van der Waals surface area (Å²) in [4.78, 5) is 36.4. The normalized spacial score (nSPS) is 18.3. The third kappa shape index (κ3) is 4.84. The predicted molar refractivity (Wildman–Crippen MR) is 113 cm³/mol. The standard InChI is InChI=1S/C23H28N4O3/c1-15-5-3-7-19(16(15)2)25-21(28)14-27(13-18-6-4-12-30-18)23(29)20-10-11-24-22(26-20)17-8-9-17/h3,5,7,10-11,17-18H,4,6,8-9,12-14H2,1-2H3,(H,25,28). The largest absolute Gasteiger partial charge is 0.376 e. The summed E-state index contributed by atoms with van der Waals surface area (Å²) in [5.74, 6) is 0.590.